The summed E-state index contributed by atoms with van der Waals surface area (Å²) in [5.74, 6) is 1.29. The molecule has 6 nitrogen and oxygen atoms in total. The maximum absolute atomic E-state index is 12.8. The van der Waals surface area contributed by atoms with Crippen molar-refractivity contribution in [1.29, 1.82) is 0 Å². The molecule has 0 aromatic carbocycles. The average Bonchev–Trinajstić information content (AvgIpc) is 3.28. The second kappa shape index (κ2) is 7.78. The molecular formula is C23H26N4O2. The molecule has 0 saturated carbocycles. The lowest BCUT2D eigenvalue weighted by molar-refractivity contribution is 0.0673. The lowest BCUT2D eigenvalue weighted by Crippen LogP contribution is -2.39. The molecule has 3 aromatic rings. The van der Waals surface area contributed by atoms with Crippen LogP contribution in [-0.4, -0.2) is 38.8 Å². The minimum atomic E-state index is -0.149. The van der Waals surface area contributed by atoms with Gasteiger partial charge in [-0.15, -0.1) is 0 Å². The molecule has 4 heterocycles. The molecular weight excluding hydrogens is 364 g/mol. The Hall–Kier alpha value is -3.02. The Balaban J connectivity index is 1.71. The monoisotopic (exact) mass is 390 g/mol. The second-order valence-electron chi connectivity index (χ2n) is 8.55. The second-order valence-corrected chi connectivity index (χ2v) is 8.55. The van der Waals surface area contributed by atoms with E-state index in [1.807, 2.05) is 23.2 Å². The fourth-order valence-electron chi connectivity index (χ4n) is 3.76. The van der Waals surface area contributed by atoms with Crippen LogP contribution in [0.15, 0.2) is 53.5 Å². The Morgan fingerprint density at radius 1 is 1.21 bits per heavy atom. The normalized spacial score (nSPS) is 17.3. The van der Waals surface area contributed by atoms with Crippen molar-refractivity contribution >= 4 is 5.91 Å². The van der Waals surface area contributed by atoms with Gasteiger partial charge >= 0.3 is 0 Å². The lowest BCUT2D eigenvalue weighted by atomic mass is 9.88. The number of carbonyl (C=O) groups is 1. The van der Waals surface area contributed by atoms with E-state index in [1.54, 1.807) is 24.5 Å². The van der Waals surface area contributed by atoms with Crippen molar-refractivity contribution in [3.05, 3.63) is 66.4 Å². The minimum absolute atomic E-state index is 0.0599. The molecule has 0 radical (unpaired) electrons. The lowest BCUT2D eigenvalue weighted by Gasteiger charge is -2.33. The predicted octanol–water partition coefficient (Wildman–Crippen LogP) is 4.45. The fraction of sp³-hybridized carbons (Fsp3) is 0.391. The molecule has 6 heteroatoms. The summed E-state index contributed by atoms with van der Waals surface area (Å²) in [5.41, 5.74) is 2.92. The van der Waals surface area contributed by atoms with Gasteiger partial charge in [-0.25, -0.2) is 9.97 Å². The van der Waals surface area contributed by atoms with E-state index in [0.717, 1.165) is 42.0 Å². The van der Waals surface area contributed by atoms with E-state index in [-0.39, 0.29) is 17.2 Å². The van der Waals surface area contributed by atoms with E-state index in [2.05, 4.69) is 30.7 Å². The van der Waals surface area contributed by atoms with Gasteiger partial charge in [-0.2, -0.15) is 0 Å². The largest absolute Gasteiger partial charge is 0.459 e. The highest BCUT2D eigenvalue weighted by atomic mass is 16.3. The first-order valence-corrected chi connectivity index (χ1v) is 10.0. The zero-order valence-electron chi connectivity index (χ0n) is 17.1. The van der Waals surface area contributed by atoms with Crippen LogP contribution in [-0.2, 0) is 5.41 Å². The predicted molar refractivity (Wildman–Crippen MR) is 111 cm³/mol. The molecule has 0 aliphatic carbocycles. The first kappa shape index (κ1) is 19.3. The molecule has 4 rings (SSSR count). The molecule has 150 valence electrons. The van der Waals surface area contributed by atoms with Crippen molar-refractivity contribution in [2.75, 3.05) is 13.1 Å². The van der Waals surface area contributed by atoms with Gasteiger partial charge in [0.25, 0.3) is 5.91 Å². The summed E-state index contributed by atoms with van der Waals surface area (Å²) in [6.45, 7) is 7.71. The number of rotatable bonds is 3. The molecule has 3 aromatic heterocycles. The summed E-state index contributed by atoms with van der Waals surface area (Å²) in [7, 11) is 0. The maximum Gasteiger partial charge on any atom is 0.289 e. The number of aromatic nitrogens is 3. The third-order valence-corrected chi connectivity index (χ3v) is 5.31. The van der Waals surface area contributed by atoms with Crippen LogP contribution in [0.4, 0.5) is 0 Å². The van der Waals surface area contributed by atoms with E-state index < -0.39 is 0 Å². The first-order valence-electron chi connectivity index (χ1n) is 10.0. The van der Waals surface area contributed by atoms with Crippen LogP contribution >= 0.6 is 0 Å². The molecule has 1 saturated heterocycles. The smallest absolute Gasteiger partial charge is 0.289 e. The molecule has 1 aliphatic rings. The molecule has 1 fully saturated rings. The molecule has 29 heavy (non-hydrogen) atoms. The Morgan fingerprint density at radius 2 is 2.00 bits per heavy atom. The number of carbonyl (C=O) groups excluding carboxylic acids is 1. The third kappa shape index (κ3) is 4.06. The van der Waals surface area contributed by atoms with Crippen molar-refractivity contribution in [3.63, 3.8) is 0 Å². The van der Waals surface area contributed by atoms with Crippen LogP contribution in [0.1, 0.15) is 61.6 Å². The van der Waals surface area contributed by atoms with Gasteiger partial charge in [-0.1, -0.05) is 20.8 Å². The summed E-state index contributed by atoms with van der Waals surface area (Å²) < 4.78 is 5.32. The van der Waals surface area contributed by atoms with Gasteiger partial charge in [0, 0.05) is 48.6 Å². The minimum Gasteiger partial charge on any atom is -0.459 e. The van der Waals surface area contributed by atoms with Gasteiger partial charge < -0.3 is 9.32 Å². The third-order valence-electron chi connectivity index (χ3n) is 5.31. The molecule has 1 atom stereocenters. The number of pyridine rings is 1. The Kier molecular flexibility index (Phi) is 5.18. The Bertz CT molecular complexity index is 978. The van der Waals surface area contributed by atoms with E-state index in [0.29, 0.717) is 12.3 Å². The molecule has 1 unspecified atom stereocenters. The average molecular weight is 390 g/mol. The van der Waals surface area contributed by atoms with Gasteiger partial charge in [-0.05, 0) is 42.7 Å². The zero-order chi connectivity index (χ0) is 20.4. The number of piperidine rings is 1. The highest BCUT2D eigenvalue weighted by Gasteiger charge is 2.30. The SMILES string of the molecule is CC(C)(C)c1ncc(-c2ccncc2)c(C2CCCN(C(=O)c3ccco3)C2)n1. The standard InChI is InChI=1S/C23H26N4O2/c1-23(2,3)22-25-14-18(16-8-10-24-11-9-16)20(26-22)17-6-4-12-27(15-17)21(28)19-7-5-13-29-19/h5,7-11,13-14,17H,4,6,12,15H2,1-3H3. The van der Waals surface area contributed by atoms with E-state index in [1.165, 1.54) is 6.26 Å². The number of hydrogen-bond acceptors (Lipinski definition) is 5. The highest BCUT2D eigenvalue weighted by Crippen LogP contribution is 2.34. The van der Waals surface area contributed by atoms with E-state index in [9.17, 15) is 4.79 Å². The first-order chi connectivity index (χ1) is 13.9. The van der Waals surface area contributed by atoms with E-state index in [4.69, 9.17) is 9.40 Å². The van der Waals surface area contributed by atoms with Gasteiger partial charge in [-0.3, -0.25) is 9.78 Å². The summed E-state index contributed by atoms with van der Waals surface area (Å²) in [6.07, 6.45) is 8.94. The molecule has 0 N–H and O–H groups in total. The van der Waals surface area contributed by atoms with Crippen molar-refractivity contribution < 1.29 is 9.21 Å². The van der Waals surface area contributed by atoms with Crippen LogP contribution < -0.4 is 0 Å². The van der Waals surface area contributed by atoms with Crippen molar-refractivity contribution in [1.82, 2.24) is 19.9 Å². The van der Waals surface area contributed by atoms with Gasteiger partial charge in [0.05, 0.1) is 12.0 Å². The van der Waals surface area contributed by atoms with Crippen molar-refractivity contribution in [2.24, 2.45) is 0 Å². The topological polar surface area (TPSA) is 72.1 Å². The van der Waals surface area contributed by atoms with Crippen molar-refractivity contribution in [3.8, 4) is 11.1 Å². The summed E-state index contributed by atoms with van der Waals surface area (Å²) in [4.78, 5) is 28.5. The van der Waals surface area contributed by atoms with Crippen molar-refractivity contribution in [2.45, 2.75) is 44.9 Å². The van der Waals surface area contributed by atoms with Crippen LogP contribution in [0.25, 0.3) is 11.1 Å². The number of amides is 1. The summed E-state index contributed by atoms with van der Waals surface area (Å²) >= 11 is 0. The van der Waals surface area contributed by atoms with Crippen LogP contribution in [0.2, 0.25) is 0 Å². The summed E-state index contributed by atoms with van der Waals surface area (Å²) in [5, 5.41) is 0. The van der Waals surface area contributed by atoms with E-state index >= 15 is 0 Å². The Morgan fingerprint density at radius 3 is 2.69 bits per heavy atom. The van der Waals surface area contributed by atoms with Gasteiger partial charge in [0.15, 0.2) is 5.76 Å². The zero-order valence-corrected chi connectivity index (χ0v) is 17.1. The number of nitrogens with zero attached hydrogens (tertiary/aromatic N) is 4. The summed E-state index contributed by atoms with van der Waals surface area (Å²) in [6, 6.07) is 7.42. The van der Waals surface area contributed by atoms with Gasteiger partial charge in [0.2, 0.25) is 0 Å². The van der Waals surface area contributed by atoms with Gasteiger partial charge in [0.1, 0.15) is 5.82 Å². The fourth-order valence-corrected chi connectivity index (χ4v) is 3.76. The Labute approximate surface area is 171 Å². The van der Waals surface area contributed by atoms with Crippen LogP contribution in [0.3, 0.4) is 0 Å². The highest BCUT2D eigenvalue weighted by molar-refractivity contribution is 5.91. The molecule has 1 aliphatic heterocycles. The number of likely N-dealkylation sites (tertiary alicyclic amines) is 1. The quantitative estimate of drug-likeness (QED) is 0.661. The van der Waals surface area contributed by atoms with Crippen LogP contribution in [0.5, 0.6) is 0 Å². The maximum atomic E-state index is 12.8. The number of furan rings is 1. The molecule has 0 bridgehead atoms. The number of hydrogen-bond donors (Lipinski definition) is 0. The van der Waals surface area contributed by atoms with Crippen LogP contribution in [0, 0.1) is 0 Å². The molecule has 1 amide bonds. The molecule has 0 spiro atoms.